The molecule has 7 atom stereocenters. The largest absolute Gasteiger partial charge is 0.481 e. The van der Waals surface area contributed by atoms with Crippen LogP contribution in [-0.2, 0) is 38.8 Å². The van der Waals surface area contributed by atoms with Gasteiger partial charge in [-0.3, -0.25) is 23.2 Å². The minimum atomic E-state index is -5.32. The van der Waals surface area contributed by atoms with Gasteiger partial charge in [-0.2, -0.15) is 9.40 Å². The number of methoxy groups -OCH3 is 1. The molecule has 1 fully saturated rings. The van der Waals surface area contributed by atoms with Crippen LogP contribution in [0.4, 0.5) is 0 Å². The fourth-order valence-electron chi connectivity index (χ4n) is 4.65. The highest BCUT2D eigenvalue weighted by Crippen LogP contribution is 2.60. The Bertz CT molecular complexity index is 1950. The molecule has 47 heavy (non-hydrogen) atoms. The number of phosphoric ester groups is 1. The molecular formula is C27H30N4O14P2. The topological polar surface area (TPSA) is 240 Å². The summed E-state index contributed by atoms with van der Waals surface area (Å²) in [6.07, 6.45) is -5.58. The maximum atomic E-state index is 13.5. The van der Waals surface area contributed by atoms with Gasteiger partial charge in [0.25, 0.3) is 5.56 Å². The Kier molecular flexibility index (Phi) is 10.3. The Morgan fingerprint density at radius 1 is 1.06 bits per heavy atom. The number of aliphatic hydroxyl groups excluding tert-OH is 2. The fraction of sp³-hybridized carbons (Fsp3) is 0.333. The number of hydrogen-bond donors (Lipinski definition) is 4. The number of fused-ring (bicyclic) bond motifs is 1. The third-order valence-electron chi connectivity index (χ3n) is 6.95. The third-order valence-corrected chi connectivity index (χ3v) is 10.3. The first-order valence-corrected chi connectivity index (χ1v) is 16.9. The van der Waals surface area contributed by atoms with E-state index < -0.39 is 70.0 Å². The zero-order valence-corrected chi connectivity index (χ0v) is 26.5. The summed E-state index contributed by atoms with van der Waals surface area (Å²) in [5.41, 5.74) is -0.890. The summed E-state index contributed by atoms with van der Waals surface area (Å²) in [6.45, 7) is 0.0362. The monoisotopic (exact) mass is 696 g/mol. The normalized spacial score (nSPS) is 22.7. The van der Waals surface area contributed by atoms with Gasteiger partial charge in [0.15, 0.2) is 11.8 Å². The SMILES string of the molecule is COC(=O)C(C)NP(=O)(Oc1ccccc1)OP(=O)(O)OC[C@H]1O[C@@H](n2ccc(=O)n(Cc3noc4ccccc34)c2=O)[C@H](O)[C@@H]1O. The zero-order valence-electron chi connectivity index (χ0n) is 24.7. The van der Waals surface area contributed by atoms with Crippen LogP contribution in [0.3, 0.4) is 0 Å². The highest BCUT2D eigenvalue weighted by molar-refractivity contribution is 7.63. The minimum Gasteiger partial charge on any atom is -0.468 e. The number of esters is 1. The molecule has 18 nitrogen and oxygen atoms in total. The summed E-state index contributed by atoms with van der Waals surface area (Å²) in [5, 5.41) is 28.1. The van der Waals surface area contributed by atoms with Crippen molar-refractivity contribution in [2.75, 3.05) is 13.7 Å². The number of nitrogens with one attached hydrogen (secondary N) is 1. The fourth-order valence-corrected chi connectivity index (χ4v) is 7.61. The lowest BCUT2D eigenvalue weighted by Gasteiger charge is -2.24. The predicted octanol–water partition coefficient (Wildman–Crippen LogP) is 1.29. The van der Waals surface area contributed by atoms with Crippen molar-refractivity contribution in [3.63, 3.8) is 0 Å². The highest BCUT2D eigenvalue weighted by Gasteiger charge is 2.47. The highest BCUT2D eigenvalue weighted by atomic mass is 31.3. The Balaban J connectivity index is 1.30. The summed E-state index contributed by atoms with van der Waals surface area (Å²) in [7, 11) is -9.07. The number of ether oxygens (including phenoxy) is 2. The zero-order chi connectivity index (χ0) is 33.9. The van der Waals surface area contributed by atoms with Crippen molar-refractivity contribution in [2.24, 2.45) is 0 Å². The molecule has 1 aliphatic rings. The van der Waals surface area contributed by atoms with Gasteiger partial charge in [-0.1, -0.05) is 35.5 Å². The van der Waals surface area contributed by atoms with E-state index in [9.17, 15) is 38.6 Å². The molecule has 2 aromatic heterocycles. The number of aliphatic hydroxyl groups is 2. The summed E-state index contributed by atoms with van der Waals surface area (Å²) in [5.74, 6) is -0.943. The van der Waals surface area contributed by atoms with Crippen molar-refractivity contribution >= 4 is 32.5 Å². The van der Waals surface area contributed by atoms with Gasteiger partial charge < -0.3 is 33.6 Å². The van der Waals surface area contributed by atoms with E-state index in [1.54, 1.807) is 30.3 Å². The summed E-state index contributed by atoms with van der Waals surface area (Å²) in [6, 6.07) is 13.9. The Morgan fingerprint density at radius 2 is 1.77 bits per heavy atom. The number of hydrogen-bond acceptors (Lipinski definition) is 14. The second-order valence-corrected chi connectivity index (χ2v) is 13.5. The number of phosphoric acid groups is 1. The van der Waals surface area contributed by atoms with Gasteiger partial charge in [-0.25, -0.2) is 13.9 Å². The molecule has 0 aliphatic carbocycles. The molecule has 4 N–H and O–H groups in total. The van der Waals surface area contributed by atoms with Crippen LogP contribution >= 0.6 is 15.6 Å². The molecule has 5 rings (SSSR count). The smallest absolute Gasteiger partial charge is 0.468 e. The maximum Gasteiger partial charge on any atom is 0.481 e. The van der Waals surface area contributed by atoms with Gasteiger partial charge in [0.05, 0.1) is 20.3 Å². The molecule has 3 heterocycles. The first-order valence-electron chi connectivity index (χ1n) is 13.9. The first-order chi connectivity index (χ1) is 22.3. The van der Waals surface area contributed by atoms with E-state index in [0.29, 0.717) is 16.7 Å². The van der Waals surface area contributed by atoms with E-state index in [4.69, 9.17) is 22.6 Å². The van der Waals surface area contributed by atoms with Crippen LogP contribution in [-0.4, -0.2) is 73.4 Å². The second-order valence-electron chi connectivity index (χ2n) is 10.2. The van der Waals surface area contributed by atoms with Gasteiger partial charge in [-0.05, 0) is 31.2 Å². The lowest BCUT2D eigenvalue weighted by Crippen LogP contribution is -2.43. The first kappa shape index (κ1) is 34.4. The molecule has 0 amide bonds. The van der Waals surface area contributed by atoms with Crippen LogP contribution in [0.5, 0.6) is 5.75 Å². The van der Waals surface area contributed by atoms with Crippen molar-refractivity contribution in [1.29, 1.82) is 0 Å². The molecule has 0 bridgehead atoms. The number of aromatic nitrogens is 3. The van der Waals surface area contributed by atoms with E-state index in [-0.39, 0.29) is 12.3 Å². The van der Waals surface area contributed by atoms with Crippen molar-refractivity contribution in [2.45, 2.75) is 44.1 Å². The number of carbonyl (C=O) groups excluding carboxylic acids is 1. The van der Waals surface area contributed by atoms with E-state index in [1.807, 2.05) is 0 Å². The molecule has 2 aromatic carbocycles. The van der Waals surface area contributed by atoms with E-state index in [2.05, 4.69) is 15.0 Å². The summed E-state index contributed by atoms with van der Waals surface area (Å²) < 4.78 is 58.6. The molecule has 252 valence electrons. The number of nitrogens with zero attached hydrogens (tertiary/aromatic N) is 3. The van der Waals surface area contributed by atoms with Gasteiger partial charge in [0, 0.05) is 17.6 Å². The van der Waals surface area contributed by atoms with Crippen LogP contribution in [0.15, 0.2) is 81.0 Å². The maximum absolute atomic E-state index is 13.5. The lowest BCUT2D eigenvalue weighted by molar-refractivity contribution is -0.142. The average Bonchev–Trinajstić information content (AvgIpc) is 3.57. The van der Waals surface area contributed by atoms with Gasteiger partial charge in [0.2, 0.25) is 0 Å². The van der Waals surface area contributed by atoms with E-state index in [0.717, 1.165) is 28.5 Å². The standard InChI is InChI=1S/C27H30N4O14P2/c1-16(26(35)40-2)29-46(37,44-17-8-4-3-5-9-17)45-47(38,39)41-15-21-23(33)24(34)25(42-21)30-13-12-22(32)31(27(30)36)14-19-18-10-6-7-11-20(18)43-28-19/h3-13,16,21,23-25,33-34H,14-15H2,1-2H3,(H,29,37)(H,38,39)/t16?,21-,23-,24-,25-,46?/m1/s1. The van der Waals surface area contributed by atoms with Gasteiger partial charge in [0.1, 0.15) is 35.8 Å². The van der Waals surface area contributed by atoms with Crippen molar-refractivity contribution in [1.82, 2.24) is 19.4 Å². The molecule has 0 saturated carbocycles. The Morgan fingerprint density at radius 3 is 2.49 bits per heavy atom. The van der Waals surface area contributed by atoms with Crippen molar-refractivity contribution in [3.8, 4) is 5.75 Å². The minimum absolute atomic E-state index is 0.0515. The Labute approximate surface area is 265 Å². The number of para-hydroxylation sites is 2. The molecule has 0 spiro atoms. The predicted molar refractivity (Wildman–Crippen MR) is 160 cm³/mol. The lowest BCUT2D eigenvalue weighted by atomic mass is 10.1. The second kappa shape index (κ2) is 14.0. The van der Waals surface area contributed by atoms with Crippen LogP contribution < -0.4 is 20.9 Å². The molecule has 20 heteroatoms. The van der Waals surface area contributed by atoms with Crippen molar-refractivity contribution in [3.05, 3.63) is 93.4 Å². The number of rotatable bonds is 13. The van der Waals surface area contributed by atoms with Crippen LogP contribution in [0.1, 0.15) is 18.8 Å². The van der Waals surface area contributed by atoms with Crippen LogP contribution in [0.25, 0.3) is 11.0 Å². The Hall–Kier alpha value is -3.96. The molecule has 4 aromatic rings. The number of carbonyl (C=O) groups is 1. The summed E-state index contributed by atoms with van der Waals surface area (Å²) in [4.78, 5) is 48.3. The third kappa shape index (κ3) is 7.79. The summed E-state index contributed by atoms with van der Waals surface area (Å²) >= 11 is 0. The average molecular weight is 696 g/mol. The quantitative estimate of drug-likeness (QED) is 0.114. The molecule has 0 radical (unpaired) electrons. The van der Waals surface area contributed by atoms with E-state index >= 15 is 0 Å². The molecule has 1 aliphatic heterocycles. The van der Waals surface area contributed by atoms with Crippen molar-refractivity contribution < 1.29 is 56.4 Å². The number of benzene rings is 2. The van der Waals surface area contributed by atoms with Crippen LogP contribution in [0, 0.1) is 0 Å². The van der Waals surface area contributed by atoms with Gasteiger partial charge in [-0.15, -0.1) is 0 Å². The molecular weight excluding hydrogens is 666 g/mol. The molecule has 1 saturated heterocycles. The van der Waals surface area contributed by atoms with Crippen LogP contribution in [0.2, 0.25) is 0 Å². The molecule has 3 unspecified atom stereocenters. The van der Waals surface area contributed by atoms with E-state index in [1.165, 1.54) is 31.2 Å². The van der Waals surface area contributed by atoms with Gasteiger partial charge >= 0.3 is 27.2 Å².